The molecule has 0 saturated heterocycles. The van der Waals surface area contributed by atoms with Crippen LogP contribution >= 0.6 is 11.6 Å². The van der Waals surface area contributed by atoms with E-state index in [0.717, 1.165) is 18.2 Å². The summed E-state index contributed by atoms with van der Waals surface area (Å²) in [5.74, 6) is -1.09. The van der Waals surface area contributed by atoms with Crippen LogP contribution in [0.3, 0.4) is 0 Å². The fourth-order valence-electron chi connectivity index (χ4n) is 1.68. The van der Waals surface area contributed by atoms with Gasteiger partial charge in [0, 0.05) is 24.5 Å². The van der Waals surface area contributed by atoms with E-state index in [-0.39, 0.29) is 24.0 Å². The highest BCUT2D eigenvalue weighted by Crippen LogP contribution is 2.22. The number of benzene rings is 1. The summed E-state index contributed by atoms with van der Waals surface area (Å²) in [6, 6.07) is 2.64. The topological polar surface area (TPSA) is 63.5 Å². The van der Waals surface area contributed by atoms with Gasteiger partial charge >= 0.3 is 0 Å². The van der Waals surface area contributed by atoms with Crippen LogP contribution in [0.2, 0.25) is 0 Å². The van der Waals surface area contributed by atoms with Crippen LogP contribution in [0.25, 0.3) is 0 Å². The van der Waals surface area contributed by atoms with Gasteiger partial charge in [-0.25, -0.2) is 4.39 Å². The van der Waals surface area contributed by atoms with Gasteiger partial charge in [-0.3, -0.25) is 14.9 Å². The van der Waals surface area contributed by atoms with Crippen molar-refractivity contribution in [1.29, 1.82) is 0 Å². The zero-order chi connectivity index (χ0) is 14.6. The summed E-state index contributed by atoms with van der Waals surface area (Å²) >= 11 is 5.60. The molecule has 1 aromatic carbocycles. The molecule has 0 heterocycles. The molecule has 0 aliphatic carbocycles. The van der Waals surface area contributed by atoms with Crippen LogP contribution in [0.15, 0.2) is 18.2 Å². The van der Waals surface area contributed by atoms with Gasteiger partial charge in [-0.05, 0) is 26.0 Å². The first kappa shape index (κ1) is 15.4. The Kier molecular flexibility index (Phi) is 5.23. The van der Waals surface area contributed by atoms with Gasteiger partial charge in [-0.15, -0.1) is 11.6 Å². The van der Waals surface area contributed by atoms with Crippen LogP contribution < -0.4 is 0 Å². The Labute approximate surface area is 115 Å². The molecule has 0 spiro atoms. The number of nitro benzene ring substituents is 1. The van der Waals surface area contributed by atoms with Gasteiger partial charge in [0.05, 0.1) is 4.92 Å². The van der Waals surface area contributed by atoms with Crippen LogP contribution in [-0.2, 0) is 0 Å². The lowest BCUT2D eigenvalue weighted by molar-refractivity contribution is -0.385. The lowest BCUT2D eigenvalue weighted by Gasteiger charge is -2.25. The SMILES string of the molecule is CC(C)N(CCCl)C(=O)c1cc(F)ccc1[N+](=O)[O-]. The maximum absolute atomic E-state index is 13.2. The molecule has 0 unspecified atom stereocenters. The number of carbonyl (C=O) groups is 1. The summed E-state index contributed by atoms with van der Waals surface area (Å²) in [5, 5.41) is 10.9. The Balaban J connectivity index is 3.23. The number of nitrogens with zero attached hydrogens (tertiary/aromatic N) is 2. The third-order valence-electron chi connectivity index (χ3n) is 2.60. The van der Waals surface area contributed by atoms with Crippen molar-refractivity contribution in [3.63, 3.8) is 0 Å². The average Bonchev–Trinajstić information content (AvgIpc) is 2.34. The zero-order valence-electron chi connectivity index (χ0n) is 10.6. The van der Waals surface area contributed by atoms with Crippen molar-refractivity contribution in [2.75, 3.05) is 12.4 Å². The minimum atomic E-state index is -0.703. The molecule has 7 heteroatoms. The predicted octanol–water partition coefficient (Wildman–Crippen LogP) is 2.82. The van der Waals surface area contributed by atoms with E-state index in [4.69, 9.17) is 11.6 Å². The lowest BCUT2D eigenvalue weighted by atomic mass is 10.1. The van der Waals surface area contributed by atoms with E-state index in [9.17, 15) is 19.3 Å². The first-order valence-corrected chi connectivity index (χ1v) is 6.22. The molecule has 5 nitrogen and oxygen atoms in total. The van der Waals surface area contributed by atoms with E-state index < -0.39 is 22.3 Å². The molecule has 1 aromatic rings. The summed E-state index contributed by atoms with van der Waals surface area (Å²) in [6.45, 7) is 3.76. The van der Waals surface area contributed by atoms with Crippen molar-refractivity contribution >= 4 is 23.2 Å². The molecule has 1 amide bonds. The fourth-order valence-corrected chi connectivity index (χ4v) is 1.86. The number of rotatable bonds is 5. The molecule has 1 rings (SSSR count). The largest absolute Gasteiger partial charge is 0.335 e. The smallest absolute Gasteiger partial charge is 0.282 e. The maximum Gasteiger partial charge on any atom is 0.282 e. The minimum Gasteiger partial charge on any atom is -0.335 e. The molecule has 0 radical (unpaired) electrons. The van der Waals surface area contributed by atoms with Crippen LogP contribution in [0.5, 0.6) is 0 Å². The summed E-state index contributed by atoms with van der Waals surface area (Å²) in [7, 11) is 0. The van der Waals surface area contributed by atoms with Crippen molar-refractivity contribution in [2.24, 2.45) is 0 Å². The Hall–Kier alpha value is -1.69. The standard InChI is InChI=1S/C12H14ClFN2O3/c1-8(2)15(6-5-13)12(17)10-7-9(14)3-4-11(10)16(18)19/h3-4,7-8H,5-6H2,1-2H3. The van der Waals surface area contributed by atoms with E-state index in [1.807, 2.05) is 0 Å². The van der Waals surface area contributed by atoms with Gasteiger partial charge in [0.1, 0.15) is 11.4 Å². The van der Waals surface area contributed by atoms with Crippen molar-refractivity contribution in [3.8, 4) is 0 Å². The third-order valence-corrected chi connectivity index (χ3v) is 2.76. The van der Waals surface area contributed by atoms with Gasteiger partial charge in [-0.2, -0.15) is 0 Å². The van der Waals surface area contributed by atoms with Gasteiger partial charge in [0.2, 0.25) is 0 Å². The van der Waals surface area contributed by atoms with E-state index in [2.05, 4.69) is 0 Å². The van der Waals surface area contributed by atoms with Gasteiger partial charge in [0.25, 0.3) is 11.6 Å². The molecule has 19 heavy (non-hydrogen) atoms. The quantitative estimate of drug-likeness (QED) is 0.475. The van der Waals surface area contributed by atoms with Gasteiger partial charge in [-0.1, -0.05) is 0 Å². The molecule has 0 bridgehead atoms. The molecule has 0 atom stereocenters. The molecule has 0 fully saturated rings. The minimum absolute atomic E-state index is 0.186. The van der Waals surface area contributed by atoms with E-state index >= 15 is 0 Å². The number of amides is 1. The third kappa shape index (κ3) is 3.64. The van der Waals surface area contributed by atoms with Crippen LogP contribution in [0.1, 0.15) is 24.2 Å². The van der Waals surface area contributed by atoms with E-state index in [0.29, 0.717) is 0 Å². The molecular formula is C12H14ClFN2O3. The fraction of sp³-hybridized carbons (Fsp3) is 0.417. The number of halogens is 2. The van der Waals surface area contributed by atoms with Gasteiger partial charge in [0.15, 0.2) is 0 Å². The number of alkyl halides is 1. The predicted molar refractivity (Wildman–Crippen MR) is 69.9 cm³/mol. The van der Waals surface area contributed by atoms with E-state index in [1.165, 1.54) is 4.90 Å². The number of nitro groups is 1. The lowest BCUT2D eigenvalue weighted by Crippen LogP contribution is -2.38. The van der Waals surface area contributed by atoms with Crippen molar-refractivity contribution in [2.45, 2.75) is 19.9 Å². The van der Waals surface area contributed by atoms with Crippen molar-refractivity contribution in [1.82, 2.24) is 4.90 Å². The second kappa shape index (κ2) is 6.47. The number of carbonyl (C=O) groups excluding carboxylic acids is 1. The Morgan fingerprint density at radius 1 is 1.53 bits per heavy atom. The molecule has 0 N–H and O–H groups in total. The number of hydrogen-bond donors (Lipinski definition) is 0. The molecular weight excluding hydrogens is 275 g/mol. The Morgan fingerprint density at radius 3 is 2.63 bits per heavy atom. The zero-order valence-corrected chi connectivity index (χ0v) is 11.4. The second-order valence-corrected chi connectivity index (χ2v) is 4.58. The highest BCUT2D eigenvalue weighted by molar-refractivity contribution is 6.18. The first-order valence-electron chi connectivity index (χ1n) is 5.69. The Morgan fingerprint density at radius 2 is 2.16 bits per heavy atom. The maximum atomic E-state index is 13.2. The highest BCUT2D eigenvalue weighted by atomic mass is 35.5. The van der Waals surface area contributed by atoms with Crippen molar-refractivity contribution < 1.29 is 14.1 Å². The van der Waals surface area contributed by atoms with Crippen LogP contribution in [0, 0.1) is 15.9 Å². The molecule has 104 valence electrons. The van der Waals surface area contributed by atoms with Gasteiger partial charge < -0.3 is 4.90 Å². The molecule has 0 aliphatic rings. The molecule has 0 aliphatic heterocycles. The summed E-state index contributed by atoms with van der Waals surface area (Å²) in [5.41, 5.74) is -0.671. The van der Waals surface area contributed by atoms with E-state index in [1.54, 1.807) is 13.8 Å². The second-order valence-electron chi connectivity index (χ2n) is 4.20. The summed E-state index contributed by atoms with van der Waals surface area (Å²) in [6.07, 6.45) is 0. The number of hydrogen-bond acceptors (Lipinski definition) is 3. The summed E-state index contributed by atoms with van der Waals surface area (Å²) in [4.78, 5) is 23.8. The monoisotopic (exact) mass is 288 g/mol. The first-order chi connectivity index (χ1) is 8.88. The summed E-state index contributed by atoms with van der Waals surface area (Å²) < 4.78 is 13.2. The van der Waals surface area contributed by atoms with Crippen LogP contribution in [0.4, 0.5) is 10.1 Å². The van der Waals surface area contributed by atoms with Crippen molar-refractivity contribution in [3.05, 3.63) is 39.7 Å². The average molecular weight is 289 g/mol. The van der Waals surface area contributed by atoms with Crippen LogP contribution in [-0.4, -0.2) is 34.2 Å². The highest BCUT2D eigenvalue weighted by Gasteiger charge is 2.26. The molecule has 0 saturated carbocycles. The molecule has 0 aromatic heterocycles. The Bertz CT molecular complexity index is 494. The normalized spacial score (nSPS) is 10.6.